The van der Waals surface area contributed by atoms with Crippen LogP contribution in [0.25, 0.3) is 16.9 Å². The van der Waals surface area contributed by atoms with E-state index in [1.54, 1.807) is 23.1 Å². The number of hydrogen-bond donors (Lipinski definition) is 0. The normalized spacial score (nSPS) is 11.7. The number of rotatable bonds is 3. The maximum atomic E-state index is 9.04. The quantitative estimate of drug-likeness (QED) is 0.469. The molecule has 0 saturated heterocycles. The minimum absolute atomic E-state index is 0.333. The molecule has 3 heterocycles. The standard InChI is InChI=1S/C20H22AsN5Si/c1-14(2)21-18-9-19(23-12-16(18)6-7-27(3,4)5)26-20-17(13-25-26)8-15(10-22)11-24-20/h8-9,11-14,21H,1-5H3. The van der Waals surface area contributed by atoms with E-state index in [4.69, 9.17) is 5.26 Å². The number of pyridine rings is 2. The fraction of sp³-hybridized carbons (Fsp3) is 0.300. The molecule has 0 aliphatic rings. The molecule has 0 aromatic carbocycles. The summed E-state index contributed by atoms with van der Waals surface area (Å²) in [5.41, 5.74) is 5.73. The predicted octanol–water partition coefficient (Wildman–Crippen LogP) is 2.81. The van der Waals surface area contributed by atoms with Crippen LogP contribution in [0.1, 0.15) is 25.0 Å². The molecule has 5 nitrogen and oxygen atoms in total. The molecule has 0 fully saturated rings. The van der Waals surface area contributed by atoms with E-state index in [1.165, 1.54) is 4.35 Å². The first-order valence-electron chi connectivity index (χ1n) is 8.81. The number of hydrogen-bond acceptors (Lipinski definition) is 4. The van der Waals surface area contributed by atoms with Gasteiger partial charge in [-0.05, 0) is 0 Å². The predicted molar refractivity (Wildman–Crippen MR) is 113 cm³/mol. The maximum absolute atomic E-state index is 9.04. The van der Waals surface area contributed by atoms with Crippen LogP contribution >= 0.6 is 0 Å². The van der Waals surface area contributed by atoms with Crippen molar-refractivity contribution in [1.29, 1.82) is 5.26 Å². The molecule has 0 N–H and O–H groups in total. The molecular formula is C20H22AsN5Si. The first-order chi connectivity index (χ1) is 12.8. The molecule has 136 valence electrons. The van der Waals surface area contributed by atoms with Gasteiger partial charge >= 0.3 is 168 Å². The van der Waals surface area contributed by atoms with E-state index in [1.807, 2.05) is 6.20 Å². The molecule has 0 aliphatic heterocycles. The molecule has 7 heteroatoms. The summed E-state index contributed by atoms with van der Waals surface area (Å²) >= 11 is -0.333. The molecule has 0 bridgehead atoms. The van der Waals surface area contributed by atoms with E-state index >= 15 is 0 Å². The summed E-state index contributed by atoms with van der Waals surface area (Å²) in [6.45, 7) is 11.2. The summed E-state index contributed by atoms with van der Waals surface area (Å²) < 4.78 is 3.68. The van der Waals surface area contributed by atoms with Gasteiger partial charge in [-0.25, -0.2) is 0 Å². The molecule has 27 heavy (non-hydrogen) atoms. The van der Waals surface area contributed by atoms with Crippen LogP contribution in [0, 0.1) is 22.8 Å². The van der Waals surface area contributed by atoms with Gasteiger partial charge in [-0.1, -0.05) is 0 Å². The van der Waals surface area contributed by atoms with E-state index in [-0.39, 0.29) is 15.8 Å². The second kappa shape index (κ2) is 7.68. The first kappa shape index (κ1) is 19.4. The second-order valence-corrected chi connectivity index (χ2v) is 16.6. The second-order valence-electron chi connectivity index (χ2n) is 7.69. The Morgan fingerprint density at radius 1 is 1.11 bits per heavy atom. The number of aromatic nitrogens is 4. The fourth-order valence-corrected chi connectivity index (χ4v) is 5.35. The van der Waals surface area contributed by atoms with Gasteiger partial charge in [-0.3, -0.25) is 0 Å². The van der Waals surface area contributed by atoms with E-state index < -0.39 is 8.07 Å². The van der Waals surface area contributed by atoms with Crippen molar-refractivity contribution < 1.29 is 0 Å². The van der Waals surface area contributed by atoms with Gasteiger partial charge in [0.05, 0.1) is 0 Å². The van der Waals surface area contributed by atoms with Crippen LogP contribution < -0.4 is 4.35 Å². The van der Waals surface area contributed by atoms with E-state index in [0.29, 0.717) is 15.9 Å². The van der Waals surface area contributed by atoms with Gasteiger partial charge in [0, 0.05) is 0 Å². The van der Waals surface area contributed by atoms with Crippen LogP contribution in [0.3, 0.4) is 0 Å². The minimum atomic E-state index is -1.44. The SMILES string of the molecule is CC(C)[AsH]c1cc(-n2ncc3cc(C#N)cnc32)ncc1C#C[Si](C)(C)C. The third-order valence-electron chi connectivity index (χ3n) is 3.66. The molecule has 3 aromatic heterocycles. The Labute approximate surface area is 167 Å². The zero-order chi connectivity index (χ0) is 19.6. The van der Waals surface area contributed by atoms with Crippen molar-refractivity contribution >= 4 is 39.2 Å². The van der Waals surface area contributed by atoms with Crippen LogP contribution in [0.5, 0.6) is 0 Å². The molecule has 3 rings (SSSR count). The molecule has 0 radical (unpaired) electrons. The van der Waals surface area contributed by atoms with Crippen LogP contribution in [-0.2, 0) is 0 Å². The van der Waals surface area contributed by atoms with Gasteiger partial charge in [0.25, 0.3) is 0 Å². The van der Waals surface area contributed by atoms with Crippen LogP contribution in [0.2, 0.25) is 24.3 Å². The zero-order valence-corrected chi connectivity index (χ0v) is 19.3. The summed E-state index contributed by atoms with van der Waals surface area (Å²) in [7, 11) is -1.44. The van der Waals surface area contributed by atoms with Gasteiger partial charge in [0.15, 0.2) is 0 Å². The Kier molecular flexibility index (Phi) is 5.51. The Morgan fingerprint density at radius 2 is 1.89 bits per heavy atom. The molecule has 0 amide bonds. The molecule has 0 spiro atoms. The Bertz CT molecular complexity index is 1090. The van der Waals surface area contributed by atoms with Crippen molar-refractivity contribution in [1.82, 2.24) is 19.7 Å². The van der Waals surface area contributed by atoms with Gasteiger partial charge in [-0.2, -0.15) is 0 Å². The van der Waals surface area contributed by atoms with E-state index in [9.17, 15) is 0 Å². The topological polar surface area (TPSA) is 67.4 Å². The van der Waals surface area contributed by atoms with Crippen molar-refractivity contribution in [3.63, 3.8) is 0 Å². The van der Waals surface area contributed by atoms with Crippen molar-refractivity contribution in [2.45, 2.75) is 38.2 Å². The summed E-state index contributed by atoms with van der Waals surface area (Å²) in [6, 6.07) is 6.02. The zero-order valence-electron chi connectivity index (χ0n) is 16.2. The number of fused-ring (bicyclic) bond motifs is 1. The van der Waals surface area contributed by atoms with E-state index in [2.05, 4.69) is 72.2 Å². The summed E-state index contributed by atoms with van der Waals surface area (Å²) in [5.74, 6) is 4.13. The van der Waals surface area contributed by atoms with Crippen LogP contribution in [0.15, 0.2) is 30.7 Å². The average molecular weight is 435 g/mol. The average Bonchev–Trinajstić information content (AvgIpc) is 3.02. The van der Waals surface area contributed by atoms with Crippen molar-refractivity contribution in [2.75, 3.05) is 0 Å². The summed E-state index contributed by atoms with van der Waals surface area (Å²) in [4.78, 5) is 9.01. The molecule has 3 aromatic rings. The molecule has 1 unspecified atom stereocenters. The van der Waals surface area contributed by atoms with Gasteiger partial charge in [0.1, 0.15) is 0 Å². The van der Waals surface area contributed by atoms with Crippen molar-refractivity contribution in [2.24, 2.45) is 0 Å². The molecule has 0 aliphatic carbocycles. The van der Waals surface area contributed by atoms with Crippen molar-refractivity contribution in [3.8, 4) is 23.4 Å². The van der Waals surface area contributed by atoms with Gasteiger partial charge in [-0.15, -0.1) is 0 Å². The third-order valence-corrected chi connectivity index (χ3v) is 7.27. The van der Waals surface area contributed by atoms with Crippen LogP contribution in [-0.4, -0.2) is 43.6 Å². The molecular weight excluding hydrogens is 413 g/mol. The Hall–Kier alpha value is -2.40. The van der Waals surface area contributed by atoms with E-state index in [0.717, 1.165) is 16.8 Å². The molecule has 1 atom stereocenters. The van der Waals surface area contributed by atoms with Crippen LogP contribution in [0.4, 0.5) is 0 Å². The summed E-state index contributed by atoms with van der Waals surface area (Å²) in [5, 5.41) is 14.3. The summed E-state index contributed by atoms with van der Waals surface area (Å²) in [6.07, 6.45) is 5.17. The number of nitriles is 1. The van der Waals surface area contributed by atoms with Gasteiger partial charge in [0.2, 0.25) is 0 Å². The third kappa shape index (κ3) is 4.66. The van der Waals surface area contributed by atoms with Crippen molar-refractivity contribution in [3.05, 3.63) is 41.9 Å². The monoisotopic (exact) mass is 435 g/mol. The molecule has 0 saturated carbocycles. The number of nitrogens with zero attached hydrogens (tertiary/aromatic N) is 5. The first-order valence-corrected chi connectivity index (χ1v) is 14.6. The Morgan fingerprint density at radius 3 is 2.56 bits per heavy atom. The Balaban J connectivity index is 2.09. The fourth-order valence-electron chi connectivity index (χ4n) is 2.50. The van der Waals surface area contributed by atoms with Gasteiger partial charge < -0.3 is 0 Å².